The van der Waals surface area contributed by atoms with Crippen LogP contribution < -0.4 is 10.6 Å². The summed E-state index contributed by atoms with van der Waals surface area (Å²) in [6.07, 6.45) is 1.82. The van der Waals surface area contributed by atoms with Crippen molar-refractivity contribution in [3.8, 4) is 0 Å². The van der Waals surface area contributed by atoms with Gasteiger partial charge in [0.15, 0.2) is 0 Å². The highest BCUT2D eigenvalue weighted by molar-refractivity contribution is 5.74. The van der Waals surface area contributed by atoms with Crippen LogP contribution in [-0.4, -0.2) is 41.8 Å². The topological polar surface area (TPSA) is 101 Å². The van der Waals surface area contributed by atoms with Crippen LogP contribution in [0.1, 0.15) is 24.6 Å². The SMILES string of the molecule is CCc1cccnc1CNC(=O)NCC(CC(=O)O)OC. The fourth-order valence-corrected chi connectivity index (χ4v) is 1.82. The molecule has 116 valence electrons. The number of aryl methyl sites for hydroxylation is 1. The number of ether oxygens (including phenoxy) is 1. The molecule has 0 spiro atoms. The zero-order valence-electron chi connectivity index (χ0n) is 12.3. The Morgan fingerprint density at radius 2 is 2.19 bits per heavy atom. The largest absolute Gasteiger partial charge is 0.481 e. The number of aromatic nitrogens is 1. The molecule has 1 unspecified atom stereocenters. The summed E-state index contributed by atoms with van der Waals surface area (Å²) in [7, 11) is 1.41. The van der Waals surface area contributed by atoms with E-state index in [1.54, 1.807) is 6.20 Å². The summed E-state index contributed by atoms with van der Waals surface area (Å²) in [6.45, 7) is 2.49. The quantitative estimate of drug-likeness (QED) is 0.662. The molecule has 1 atom stereocenters. The standard InChI is InChI=1S/C14H21N3O4/c1-3-10-5-4-6-15-12(10)9-17-14(20)16-8-11(21-2)7-13(18)19/h4-6,11H,3,7-9H2,1-2H3,(H,18,19)(H2,16,17,20). The highest BCUT2D eigenvalue weighted by atomic mass is 16.5. The number of hydrogen-bond donors (Lipinski definition) is 3. The van der Waals surface area contributed by atoms with E-state index in [2.05, 4.69) is 15.6 Å². The number of carboxylic acids is 1. The summed E-state index contributed by atoms with van der Waals surface area (Å²) in [4.78, 5) is 26.5. The molecule has 1 aromatic rings. The molecular weight excluding hydrogens is 274 g/mol. The van der Waals surface area contributed by atoms with E-state index in [4.69, 9.17) is 9.84 Å². The van der Waals surface area contributed by atoms with Crippen LogP contribution in [0.2, 0.25) is 0 Å². The van der Waals surface area contributed by atoms with E-state index >= 15 is 0 Å². The van der Waals surface area contributed by atoms with Crippen molar-refractivity contribution in [2.45, 2.75) is 32.4 Å². The summed E-state index contributed by atoms with van der Waals surface area (Å²) in [5, 5.41) is 13.9. The van der Waals surface area contributed by atoms with Crippen LogP contribution in [0.4, 0.5) is 4.79 Å². The first-order valence-electron chi connectivity index (χ1n) is 6.75. The van der Waals surface area contributed by atoms with E-state index < -0.39 is 12.1 Å². The molecule has 0 aliphatic rings. The molecule has 21 heavy (non-hydrogen) atoms. The third kappa shape index (κ3) is 6.22. The summed E-state index contributed by atoms with van der Waals surface area (Å²) >= 11 is 0. The first-order valence-corrected chi connectivity index (χ1v) is 6.75. The maximum Gasteiger partial charge on any atom is 0.315 e. The van der Waals surface area contributed by atoms with Gasteiger partial charge in [-0.05, 0) is 18.1 Å². The minimum Gasteiger partial charge on any atom is -0.481 e. The van der Waals surface area contributed by atoms with E-state index in [-0.39, 0.29) is 19.0 Å². The second-order valence-corrected chi connectivity index (χ2v) is 4.48. The molecule has 0 fully saturated rings. The lowest BCUT2D eigenvalue weighted by molar-refractivity contribution is -0.139. The number of rotatable bonds is 8. The minimum absolute atomic E-state index is 0.136. The Hall–Kier alpha value is -2.15. The van der Waals surface area contributed by atoms with E-state index in [0.29, 0.717) is 6.54 Å². The molecule has 1 rings (SSSR count). The zero-order valence-corrected chi connectivity index (χ0v) is 12.3. The lowest BCUT2D eigenvalue weighted by atomic mass is 10.1. The first-order chi connectivity index (χ1) is 10.1. The molecule has 0 aliphatic carbocycles. The van der Waals surface area contributed by atoms with Gasteiger partial charge in [0, 0.05) is 19.9 Å². The van der Waals surface area contributed by atoms with Crippen LogP contribution in [0.15, 0.2) is 18.3 Å². The van der Waals surface area contributed by atoms with Gasteiger partial charge in [0.1, 0.15) is 0 Å². The van der Waals surface area contributed by atoms with E-state index in [1.165, 1.54) is 7.11 Å². The number of nitrogens with one attached hydrogen (secondary N) is 2. The molecular formula is C14H21N3O4. The van der Waals surface area contributed by atoms with Crippen LogP contribution in [0, 0.1) is 0 Å². The molecule has 0 aromatic carbocycles. The number of hydrogen-bond acceptors (Lipinski definition) is 4. The second kappa shape index (κ2) is 8.91. The number of aliphatic carboxylic acids is 1. The molecule has 0 radical (unpaired) electrons. The van der Waals surface area contributed by atoms with Crippen LogP contribution in [-0.2, 0) is 22.5 Å². The molecule has 0 saturated heterocycles. The van der Waals surface area contributed by atoms with Gasteiger partial charge < -0.3 is 20.5 Å². The van der Waals surface area contributed by atoms with Crippen molar-refractivity contribution in [1.29, 1.82) is 0 Å². The van der Waals surface area contributed by atoms with Gasteiger partial charge in [-0.3, -0.25) is 9.78 Å². The molecule has 0 aliphatic heterocycles. The van der Waals surface area contributed by atoms with E-state index in [1.807, 2.05) is 19.1 Å². The fourth-order valence-electron chi connectivity index (χ4n) is 1.82. The Morgan fingerprint density at radius 3 is 2.81 bits per heavy atom. The van der Waals surface area contributed by atoms with Crippen molar-refractivity contribution in [2.75, 3.05) is 13.7 Å². The van der Waals surface area contributed by atoms with Gasteiger partial charge in [-0.25, -0.2) is 4.79 Å². The number of methoxy groups -OCH3 is 1. The fraction of sp³-hybridized carbons (Fsp3) is 0.500. The van der Waals surface area contributed by atoms with Crippen molar-refractivity contribution in [3.05, 3.63) is 29.6 Å². The Kier molecular flexibility index (Phi) is 7.17. The normalized spacial score (nSPS) is 11.7. The Bertz CT molecular complexity index is 479. The maximum atomic E-state index is 11.7. The Labute approximate surface area is 123 Å². The average molecular weight is 295 g/mol. The predicted octanol–water partition coefficient (Wildman–Crippen LogP) is 0.933. The number of amides is 2. The van der Waals surface area contributed by atoms with E-state index in [9.17, 15) is 9.59 Å². The van der Waals surface area contributed by atoms with Crippen LogP contribution in [0.5, 0.6) is 0 Å². The summed E-state index contributed by atoms with van der Waals surface area (Å²) in [5.74, 6) is -0.967. The monoisotopic (exact) mass is 295 g/mol. The van der Waals surface area contributed by atoms with Gasteiger partial charge in [0.25, 0.3) is 0 Å². The van der Waals surface area contributed by atoms with Crippen molar-refractivity contribution >= 4 is 12.0 Å². The molecule has 7 nitrogen and oxygen atoms in total. The van der Waals surface area contributed by atoms with Crippen LogP contribution in [0.3, 0.4) is 0 Å². The molecule has 7 heteroatoms. The Balaban J connectivity index is 2.38. The third-order valence-electron chi connectivity index (χ3n) is 3.01. The molecule has 2 amide bonds. The zero-order chi connectivity index (χ0) is 15.7. The van der Waals surface area contributed by atoms with E-state index in [0.717, 1.165) is 17.7 Å². The average Bonchev–Trinajstić information content (AvgIpc) is 2.49. The third-order valence-corrected chi connectivity index (χ3v) is 3.01. The van der Waals surface area contributed by atoms with Crippen molar-refractivity contribution in [2.24, 2.45) is 0 Å². The predicted molar refractivity (Wildman–Crippen MR) is 76.9 cm³/mol. The van der Waals surface area contributed by atoms with Crippen molar-refractivity contribution in [3.63, 3.8) is 0 Å². The van der Waals surface area contributed by atoms with Gasteiger partial charge in [-0.1, -0.05) is 13.0 Å². The number of nitrogens with zero attached hydrogens (tertiary/aromatic N) is 1. The maximum absolute atomic E-state index is 11.7. The highest BCUT2D eigenvalue weighted by Gasteiger charge is 2.13. The molecule has 0 saturated carbocycles. The van der Waals surface area contributed by atoms with Gasteiger partial charge >= 0.3 is 12.0 Å². The number of urea groups is 1. The van der Waals surface area contributed by atoms with Gasteiger partial charge in [0.05, 0.1) is 24.8 Å². The number of carbonyl (C=O) groups is 2. The molecule has 3 N–H and O–H groups in total. The Morgan fingerprint density at radius 1 is 1.43 bits per heavy atom. The van der Waals surface area contributed by atoms with Gasteiger partial charge in [-0.2, -0.15) is 0 Å². The number of pyridine rings is 1. The van der Waals surface area contributed by atoms with Gasteiger partial charge in [0.2, 0.25) is 0 Å². The second-order valence-electron chi connectivity index (χ2n) is 4.48. The number of carboxylic acid groups (broad SMARTS) is 1. The summed E-state index contributed by atoms with van der Waals surface area (Å²) < 4.78 is 4.98. The lowest BCUT2D eigenvalue weighted by Gasteiger charge is -2.14. The highest BCUT2D eigenvalue weighted by Crippen LogP contribution is 2.05. The molecule has 1 aromatic heterocycles. The number of carbonyl (C=O) groups excluding carboxylic acids is 1. The van der Waals surface area contributed by atoms with Gasteiger partial charge in [-0.15, -0.1) is 0 Å². The van der Waals surface area contributed by atoms with Crippen LogP contribution >= 0.6 is 0 Å². The van der Waals surface area contributed by atoms with Crippen molar-refractivity contribution < 1.29 is 19.4 Å². The summed E-state index contributed by atoms with van der Waals surface area (Å²) in [5.41, 5.74) is 1.91. The molecule has 0 bridgehead atoms. The molecule has 1 heterocycles. The van der Waals surface area contributed by atoms with Crippen molar-refractivity contribution in [1.82, 2.24) is 15.6 Å². The minimum atomic E-state index is -0.967. The summed E-state index contributed by atoms with van der Waals surface area (Å²) in [6, 6.07) is 3.45. The first kappa shape index (κ1) is 16.9. The smallest absolute Gasteiger partial charge is 0.315 e. The lowest BCUT2D eigenvalue weighted by Crippen LogP contribution is -2.40. The van der Waals surface area contributed by atoms with Crippen LogP contribution in [0.25, 0.3) is 0 Å².